The van der Waals surface area contributed by atoms with E-state index in [0.717, 1.165) is 11.3 Å². The quantitative estimate of drug-likeness (QED) is 0.736. The number of piperazine rings is 1. The molecule has 6 nitrogen and oxygen atoms in total. The highest BCUT2D eigenvalue weighted by molar-refractivity contribution is 7.85. The second-order valence-corrected chi connectivity index (χ2v) is 10.5. The standard InChI is InChI=1S/C20H31N3O3S/c1-19(2,3)26-18(24)23-13-11-22(12-14-23)17-10-8-7-9-16(17)15-21-27(25)20(4,5)6/h7-10,15H,11-14H2,1-6H3/b21-15+/t27-/m0/s1. The highest BCUT2D eigenvalue weighted by atomic mass is 32.2. The molecule has 1 aromatic rings. The first-order valence-corrected chi connectivity index (χ1v) is 10.4. The summed E-state index contributed by atoms with van der Waals surface area (Å²) in [5, 5.41) is 0. The van der Waals surface area contributed by atoms with E-state index in [1.54, 1.807) is 11.1 Å². The van der Waals surface area contributed by atoms with E-state index in [1.165, 1.54) is 0 Å². The Morgan fingerprint density at radius 2 is 1.67 bits per heavy atom. The third-order valence-corrected chi connectivity index (χ3v) is 5.36. The maximum Gasteiger partial charge on any atom is 0.410 e. The number of hydrogen-bond acceptors (Lipinski definition) is 4. The topological polar surface area (TPSA) is 62.2 Å². The minimum atomic E-state index is -1.29. The van der Waals surface area contributed by atoms with E-state index in [0.29, 0.717) is 26.2 Å². The van der Waals surface area contributed by atoms with Gasteiger partial charge in [-0.3, -0.25) is 0 Å². The van der Waals surface area contributed by atoms with Crippen LogP contribution in [-0.2, 0) is 15.7 Å². The molecule has 2 rings (SSSR count). The Morgan fingerprint density at radius 3 is 2.22 bits per heavy atom. The molecule has 1 aliphatic heterocycles. The number of carbonyl (C=O) groups excluding carboxylic acids is 1. The number of amides is 1. The third kappa shape index (κ3) is 6.34. The molecular weight excluding hydrogens is 362 g/mol. The summed E-state index contributed by atoms with van der Waals surface area (Å²) in [5.41, 5.74) is 1.48. The molecule has 0 spiro atoms. The predicted molar refractivity (Wildman–Crippen MR) is 112 cm³/mol. The normalized spacial score (nSPS) is 17.3. The fourth-order valence-corrected chi connectivity index (χ4v) is 3.13. The van der Waals surface area contributed by atoms with Gasteiger partial charge in [0.15, 0.2) is 0 Å². The molecular formula is C20H31N3O3S. The first kappa shape index (κ1) is 21.4. The van der Waals surface area contributed by atoms with Crippen LogP contribution in [0.1, 0.15) is 47.1 Å². The minimum Gasteiger partial charge on any atom is -0.444 e. The maximum absolute atomic E-state index is 12.2. The lowest BCUT2D eigenvalue weighted by Crippen LogP contribution is -2.50. The Labute approximate surface area is 165 Å². The van der Waals surface area contributed by atoms with E-state index in [1.807, 2.05) is 65.8 Å². The lowest BCUT2D eigenvalue weighted by molar-refractivity contribution is 0.0240. The van der Waals surface area contributed by atoms with Crippen LogP contribution in [0.4, 0.5) is 10.5 Å². The zero-order chi connectivity index (χ0) is 20.2. The van der Waals surface area contributed by atoms with Crippen molar-refractivity contribution < 1.29 is 13.7 Å². The van der Waals surface area contributed by atoms with Crippen molar-refractivity contribution in [2.24, 2.45) is 4.40 Å². The number of benzene rings is 1. The Bertz CT molecular complexity index is 712. The molecule has 27 heavy (non-hydrogen) atoms. The molecule has 0 N–H and O–H groups in total. The molecule has 1 atom stereocenters. The van der Waals surface area contributed by atoms with Crippen molar-refractivity contribution in [2.45, 2.75) is 51.9 Å². The van der Waals surface area contributed by atoms with E-state index >= 15 is 0 Å². The van der Waals surface area contributed by atoms with Gasteiger partial charge in [0.2, 0.25) is 0 Å². The van der Waals surface area contributed by atoms with Gasteiger partial charge in [0, 0.05) is 43.6 Å². The molecule has 1 aliphatic rings. The van der Waals surface area contributed by atoms with Gasteiger partial charge in [-0.2, -0.15) is 4.40 Å². The molecule has 0 aliphatic carbocycles. The van der Waals surface area contributed by atoms with Crippen LogP contribution in [0, 0.1) is 0 Å². The fourth-order valence-electron chi connectivity index (χ4n) is 2.60. The molecule has 1 heterocycles. The first-order valence-electron chi connectivity index (χ1n) is 9.25. The number of anilines is 1. The van der Waals surface area contributed by atoms with Crippen molar-refractivity contribution in [3.63, 3.8) is 0 Å². The van der Waals surface area contributed by atoms with Gasteiger partial charge in [-0.05, 0) is 47.6 Å². The van der Waals surface area contributed by atoms with Crippen LogP contribution < -0.4 is 4.90 Å². The van der Waals surface area contributed by atoms with Gasteiger partial charge in [0.25, 0.3) is 0 Å². The fraction of sp³-hybridized carbons (Fsp3) is 0.600. The van der Waals surface area contributed by atoms with E-state index in [9.17, 15) is 9.00 Å². The van der Waals surface area contributed by atoms with Gasteiger partial charge in [-0.1, -0.05) is 18.2 Å². The van der Waals surface area contributed by atoms with Crippen molar-refractivity contribution in [3.8, 4) is 0 Å². The van der Waals surface area contributed by atoms with Crippen molar-refractivity contribution in [1.29, 1.82) is 0 Å². The summed E-state index contributed by atoms with van der Waals surface area (Å²) < 4.78 is 21.5. The van der Waals surface area contributed by atoms with Crippen molar-refractivity contribution in [3.05, 3.63) is 29.8 Å². The summed E-state index contributed by atoms with van der Waals surface area (Å²) in [5.74, 6) is 0. The van der Waals surface area contributed by atoms with Crippen LogP contribution in [0.2, 0.25) is 0 Å². The van der Waals surface area contributed by atoms with Crippen LogP contribution in [0.3, 0.4) is 0 Å². The van der Waals surface area contributed by atoms with Crippen molar-refractivity contribution in [2.75, 3.05) is 31.1 Å². The summed E-state index contributed by atoms with van der Waals surface area (Å²) in [7, 11) is -1.29. The highest BCUT2D eigenvalue weighted by Gasteiger charge is 2.26. The van der Waals surface area contributed by atoms with Crippen LogP contribution in [0.15, 0.2) is 28.7 Å². The number of hydrogen-bond donors (Lipinski definition) is 0. The zero-order valence-corrected chi connectivity index (χ0v) is 18.0. The molecule has 1 fully saturated rings. The number of rotatable bonds is 3. The highest BCUT2D eigenvalue weighted by Crippen LogP contribution is 2.22. The first-order chi connectivity index (χ1) is 12.5. The number of para-hydroxylation sites is 1. The Kier molecular flexibility index (Phi) is 6.68. The number of nitrogens with zero attached hydrogens (tertiary/aromatic N) is 3. The van der Waals surface area contributed by atoms with Gasteiger partial charge >= 0.3 is 6.09 Å². The molecule has 7 heteroatoms. The van der Waals surface area contributed by atoms with E-state index in [4.69, 9.17) is 4.74 Å². The van der Waals surface area contributed by atoms with Gasteiger partial charge in [0.1, 0.15) is 16.6 Å². The summed E-state index contributed by atoms with van der Waals surface area (Å²) in [6.07, 6.45) is 1.43. The van der Waals surface area contributed by atoms with Crippen molar-refractivity contribution in [1.82, 2.24) is 4.90 Å². The van der Waals surface area contributed by atoms with E-state index in [-0.39, 0.29) is 10.8 Å². The molecule has 1 aromatic carbocycles. The molecule has 0 bridgehead atoms. The second-order valence-electron chi connectivity index (χ2n) is 8.61. The molecule has 0 radical (unpaired) electrons. The summed E-state index contributed by atoms with van der Waals surface area (Å²) in [6.45, 7) is 14.0. The zero-order valence-electron chi connectivity index (χ0n) is 17.2. The second kappa shape index (κ2) is 8.42. The van der Waals surface area contributed by atoms with Gasteiger partial charge in [-0.25, -0.2) is 9.00 Å². The Hall–Kier alpha value is -1.89. The third-order valence-electron chi connectivity index (χ3n) is 4.02. The molecule has 1 amide bonds. The molecule has 150 valence electrons. The number of carbonyl (C=O) groups is 1. The van der Waals surface area contributed by atoms with E-state index in [2.05, 4.69) is 9.30 Å². The Balaban J connectivity index is 2.06. The average Bonchev–Trinajstić information content (AvgIpc) is 2.57. The lowest BCUT2D eigenvalue weighted by Gasteiger charge is -2.37. The lowest BCUT2D eigenvalue weighted by atomic mass is 10.1. The predicted octanol–water partition coefficient (Wildman–Crippen LogP) is 3.62. The molecule has 0 saturated carbocycles. The van der Waals surface area contributed by atoms with Gasteiger partial charge in [-0.15, -0.1) is 0 Å². The largest absolute Gasteiger partial charge is 0.444 e. The average molecular weight is 394 g/mol. The van der Waals surface area contributed by atoms with Crippen LogP contribution in [0.25, 0.3) is 0 Å². The molecule has 0 unspecified atom stereocenters. The minimum absolute atomic E-state index is 0.266. The summed E-state index contributed by atoms with van der Waals surface area (Å²) >= 11 is 0. The number of ether oxygens (including phenoxy) is 1. The van der Waals surface area contributed by atoms with E-state index < -0.39 is 16.6 Å². The molecule has 0 aromatic heterocycles. The summed E-state index contributed by atoms with van der Waals surface area (Å²) in [4.78, 5) is 16.2. The maximum atomic E-state index is 12.2. The monoisotopic (exact) mass is 393 g/mol. The SMILES string of the molecule is CC(C)(C)OC(=O)N1CCN(c2ccccc2/C=N/[S@@](=O)C(C)(C)C)CC1. The van der Waals surface area contributed by atoms with Crippen LogP contribution in [0.5, 0.6) is 0 Å². The van der Waals surface area contributed by atoms with Crippen LogP contribution in [-0.4, -0.2) is 57.9 Å². The molecule has 1 saturated heterocycles. The van der Waals surface area contributed by atoms with Gasteiger partial charge in [0.05, 0.1) is 4.75 Å². The smallest absolute Gasteiger partial charge is 0.410 e. The van der Waals surface area contributed by atoms with Gasteiger partial charge < -0.3 is 14.5 Å². The Morgan fingerprint density at radius 1 is 1.07 bits per heavy atom. The summed E-state index contributed by atoms with van der Waals surface area (Å²) in [6, 6.07) is 7.93. The van der Waals surface area contributed by atoms with Crippen molar-refractivity contribution >= 4 is 29.0 Å². The van der Waals surface area contributed by atoms with Crippen LogP contribution >= 0.6 is 0 Å².